The number of hydrogen-bond acceptors (Lipinski definition) is 7. The highest BCUT2D eigenvalue weighted by Crippen LogP contribution is 2.32. The van der Waals surface area contributed by atoms with Gasteiger partial charge in [0, 0.05) is 61.4 Å². The van der Waals surface area contributed by atoms with Crippen LogP contribution in [0.5, 0.6) is 0 Å². The second-order valence-electron chi connectivity index (χ2n) is 9.11. The zero-order chi connectivity index (χ0) is 22.7. The van der Waals surface area contributed by atoms with Crippen LogP contribution in [-0.2, 0) is 0 Å². The van der Waals surface area contributed by atoms with Gasteiger partial charge in [-0.05, 0) is 41.7 Å². The maximum atomic E-state index is 5.45. The molecule has 0 radical (unpaired) electrons. The average molecular weight is 427 g/mol. The molecule has 3 heterocycles. The van der Waals surface area contributed by atoms with Crippen molar-refractivity contribution in [1.29, 1.82) is 0 Å². The zero-order valence-electron chi connectivity index (χ0n) is 20.4. The number of hydrogen-bond donors (Lipinski definition) is 1. The number of aromatic nitrogens is 3. The van der Waals surface area contributed by atoms with E-state index in [1.54, 1.807) is 0 Å². The van der Waals surface area contributed by atoms with Gasteiger partial charge in [-0.2, -0.15) is 0 Å². The maximum Gasteiger partial charge on any atom is 0.141 e. The van der Waals surface area contributed by atoms with Crippen LogP contribution in [0.3, 0.4) is 0 Å². The molecule has 170 valence electrons. The molecule has 0 amide bonds. The lowest BCUT2D eigenvalue weighted by atomic mass is 9.97. The van der Waals surface area contributed by atoms with Crippen LogP contribution in [0.15, 0.2) is 10.6 Å². The first-order valence-corrected chi connectivity index (χ1v) is 11.4. The largest absolute Gasteiger partial charge is 0.366 e. The molecule has 1 aliphatic rings. The Balaban J connectivity index is 1.91. The van der Waals surface area contributed by atoms with Gasteiger partial charge in [0.05, 0.1) is 11.4 Å². The fourth-order valence-corrected chi connectivity index (χ4v) is 4.16. The number of piperazine rings is 1. The molecule has 0 aromatic carbocycles. The number of rotatable bonds is 7. The van der Waals surface area contributed by atoms with Crippen molar-refractivity contribution in [2.45, 2.75) is 60.4 Å². The van der Waals surface area contributed by atoms with Crippen LogP contribution >= 0.6 is 0 Å². The number of nitrogens with zero attached hydrogens (tertiary/aromatic N) is 5. The standard InChI is InChI=1S/C24H38N6O/c1-9-20(21-18(6)28-31-19(21)7)22-17(5)24(27-23(26-22)15(2)3)25-16(4)14-30-12-10-29(8)11-13-30/h9,15-16H,10-14H2,1-8H3,(H,25,26,27)/b20-9-. The minimum Gasteiger partial charge on any atom is -0.366 e. The summed E-state index contributed by atoms with van der Waals surface area (Å²) in [5, 5.41) is 7.84. The maximum absolute atomic E-state index is 5.45. The lowest BCUT2D eigenvalue weighted by Crippen LogP contribution is -2.47. The minimum absolute atomic E-state index is 0.232. The molecule has 1 aliphatic heterocycles. The van der Waals surface area contributed by atoms with Gasteiger partial charge in [-0.1, -0.05) is 25.1 Å². The summed E-state index contributed by atoms with van der Waals surface area (Å²) in [6.45, 7) is 20.1. The van der Waals surface area contributed by atoms with Crippen molar-refractivity contribution in [2.24, 2.45) is 0 Å². The van der Waals surface area contributed by atoms with E-state index in [0.717, 1.165) is 78.2 Å². The predicted molar refractivity (Wildman–Crippen MR) is 127 cm³/mol. The van der Waals surface area contributed by atoms with Crippen molar-refractivity contribution in [2.75, 3.05) is 45.1 Å². The quantitative estimate of drug-likeness (QED) is 0.717. The van der Waals surface area contributed by atoms with Gasteiger partial charge in [0.15, 0.2) is 0 Å². The van der Waals surface area contributed by atoms with E-state index in [9.17, 15) is 0 Å². The van der Waals surface area contributed by atoms with Crippen LogP contribution in [0.1, 0.15) is 67.7 Å². The lowest BCUT2D eigenvalue weighted by molar-refractivity contribution is 0.151. The van der Waals surface area contributed by atoms with Crippen LogP contribution in [0.2, 0.25) is 0 Å². The van der Waals surface area contributed by atoms with E-state index in [0.29, 0.717) is 0 Å². The molecule has 0 aliphatic carbocycles. The molecule has 1 atom stereocenters. The Kier molecular flexibility index (Phi) is 7.49. The Morgan fingerprint density at radius 2 is 1.77 bits per heavy atom. The van der Waals surface area contributed by atoms with Gasteiger partial charge >= 0.3 is 0 Å². The van der Waals surface area contributed by atoms with E-state index in [-0.39, 0.29) is 12.0 Å². The Morgan fingerprint density at radius 3 is 2.32 bits per heavy atom. The zero-order valence-corrected chi connectivity index (χ0v) is 20.4. The first-order chi connectivity index (χ1) is 14.7. The molecular formula is C24H38N6O. The summed E-state index contributed by atoms with van der Waals surface area (Å²) in [5.74, 6) is 2.81. The molecule has 7 heteroatoms. The first kappa shape index (κ1) is 23.4. The summed E-state index contributed by atoms with van der Waals surface area (Å²) < 4.78 is 5.45. The molecule has 0 saturated carbocycles. The van der Waals surface area contributed by atoms with Gasteiger partial charge in [0.1, 0.15) is 17.4 Å². The molecule has 1 unspecified atom stereocenters. The molecule has 7 nitrogen and oxygen atoms in total. The number of nitrogens with one attached hydrogen (secondary N) is 1. The summed E-state index contributed by atoms with van der Waals surface area (Å²) in [6, 6.07) is 0.290. The van der Waals surface area contributed by atoms with Crippen LogP contribution in [0.4, 0.5) is 5.82 Å². The summed E-state index contributed by atoms with van der Waals surface area (Å²) in [5.41, 5.74) is 4.96. The van der Waals surface area contributed by atoms with Crippen LogP contribution in [0, 0.1) is 20.8 Å². The summed E-state index contributed by atoms with van der Waals surface area (Å²) in [7, 11) is 2.19. The number of allylic oxidation sites excluding steroid dienone is 1. The van der Waals surface area contributed by atoms with Crippen molar-refractivity contribution in [3.8, 4) is 0 Å². The van der Waals surface area contributed by atoms with Gasteiger partial charge < -0.3 is 14.7 Å². The Bertz CT molecular complexity index is 905. The summed E-state index contributed by atoms with van der Waals surface area (Å²) in [4.78, 5) is 14.8. The fraction of sp³-hybridized carbons (Fsp3) is 0.625. The molecule has 3 rings (SSSR count). The van der Waals surface area contributed by atoms with Crippen molar-refractivity contribution in [1.82, 2.24) is 24.9 Å². The topological polar surface area (TPSA) is 70.3 Å². The van der Waals surface area contributed by atoms with E-state index >= 15 is 0 Å². The smallest absolute Gasteiger partial charge is 0.141 e. The van der Waals surface area contributed by atoms with Gasteiger partial charge in [0.2, 0.25) is 0 Å². The first-order valence-electron chi connectivity index (χ1n) is 11.4. The molecule has 31 heavy (non-hydrogen) atoms. The van der Waals surface area contributed by atoms with E-state index < -0.39 is 0 Å². The third-order valence-electron chi connectivity index (χ3n) is 6.04. The van der Waals surface area contributed by atoms with E-state index in [4.69, 9.17) is 14.5 Å². The highest BCUT2D eigenvalue weighted by atomic mass is 16.5. The molecule has 1 saturated heterocycles. The second kappa shape index (κ2) is 9.92. The van der Waals surface area contributed by atoms with Gasteiger partial charge in [-0.15, -0.1) is 0 Å². The van der Waals surface area contributed by atoms with Crippen molar-refractivity contribution in [3.63, 3.8) is 0 Å². The summed E-state index contributed by atoms with van der Waals surface area (Å²) >= 11 is 0. The third-order valence-corrected chi connectivity index (χ3v) is 6.04. The second-order valence-corrected chi connectivity index (χ2v) is 9.11. The van der Waals surface area contributed by atoms with Crippen molar-refractivity contribution >= 4 is 11.4 Å². The molecule has 1 fully saturated rings. The summed E-state index contributed by atoms with van der Waals surface area (Å²) in [6.07, 6.45) is 2.10. The predicted octanol–water partition coefficient (Wildman–Crippen LogP) is 4.01. The highest BCUT2D eigenvalue weighted by molar-refractivity contribution is 5.82. The fourth-order valence-electron chi connectivity index (χ4n) is 4.16. The van der Waals surface area contributed by atoms with Gasteiger partial charge in [0.25, 0.3) is 0 Å². The number of aryl methyl sites for hydroxylation is 2. The SMILES string of the molecule is C/C=C(\c1nc(C(C)C)nc(NC(C)CN2CCN(C)CC2)c1C)c1c(C)noc1C. The average Bonchev–Trinajstić information content (AvgIpc) is 3.05. The van der Waals surface area contributed by atoms with Crippen LogP contribution in [0.25, 0.3) is 5.57 Å². The normalized spacial score (nSPS) is 17.4. The van der Waals surface area contributed by atoms with E-state index in [1.807, 2.05) is 20.8 Å². The van der Waals surface area contributed by atoms with Crippen LogP contribution < -0.4 is 5.32 Å². The van der Waals surface area contributed by atoms with Crippen LogP contribution in [-0.4, -0.2) is 70.7 Å². The van der Waals surface area contributed by atoms with Crippen molar-refractivity contribution < 1.29 is 4.52 Å². The molecule has 2 aromatic rings. The third kappa shape index (κ3) is 5.33. The minimum atomic E-state index is 0.232. The Labute approximate surface area is 186 Å². The molecule has 0 bridgehead atoms. The number of anilines is 1. The monoisotopic (exact) mass is 426 g/mol. The van der Waals surface area contributed by atoms with E-state index in [2.05, 4.69) is 61.1 Å². The van der Waals surface area contributed by atoms with E-state index in [1.165, 1.54) is 0 Å². The molecular weight excluding hydrogens is 388 g/mol. The molecule has 2 aromatic heterocycles. The lowest BCUT2D eigenvalue weighted by Gasteiger charge is -2.34. The van der Waals surface area contributed by atoms with Gasteiger partial charge in [-0.3, -0.25) is 4.90 Å². The highest BCUT2D eigenvalue weighted by Gasteiger charge is 2.23. The Hall–Kier alpha value is -2.25. The van der Waals surface area contributed by atoms with Crippen molar-refractivity contribution in [3.05, 3.63) is 40.2 Å². The number of likely N-dealkylation sites (N-methyl/N-ethyl adjacent to an activating group) is 1. The molecule has 1 N–H and O–H groups in total. The van der Waals surface area contributed by atoms with Gasteiger partial charge in [-0.25, -0.2) is 9.97 Å². The Morgan fingerprint density at radius 1 is 1.10 bits per heavy atom. The molecule has 0 spiro atoms.